The van der Waals surface area contributed by atoms with Crippen molar-refractivity contribution < 1.29 is 22.7 Å². The first-order valence-electron chi connectivity index (χ1n) is 14.6. The molecule has 3 amide bonds. The lowest BCUT2D eigenvalue weighted by molar-refractivity contribution is 0.109. The highest BCUT2D eigenvalue weighted by Crippen LogP contribution is 2.40. The summed E-state index contributed by atoms with van der Waals surface area (Å²) in [5, 5.41) is 9.55. The molecule has 0 unspecified atom stereocenters. The van der Waals surface area contributed by atoms with Crippen molar-refractivity contribution >= 4 is 39.2 Å². The van der Waals surface area contributed by atoms with Gasteiger partial charge in [-0.2, -0.15) is 0 Å². The molecule has 0 radical (unpaired) electrons. The van der Waals surface area contributed by atoms with Gasteiger partial charge in [0, 0.05) is 35.4 Å². The number of urea groups is 1. The van der Waals surface area contributed by atoms with Crippen molar-refractivity contribution in [2.75, 3.05) is 5.32 Å². The monoisotopic (exact) mass is 627 g/mol. The standard InChI is InChI=1S/C31H41N5O5S2/c1-19(2)36-43(39,40)28-17-25(34-30(37)33-21(5)22-9-7-6-8-10-22)15-16-26(28)27-18-32-29(42-27)23-11-13-24(14-12-23)35-31(38)41-20(3)4/h6-10,15-21,23-24,36H,11-14H2,1-5H3,(H,35,38)(H2,33,34,37)/t21-,23?,24?/m1/s1. The minimum Gasteiger partial charge on any atom is -0.447 e. The molecule has 43 heavy (non-hydrogen) atoms. The van der Waals surface area contributed by atoms with Gasteiger partial charge in [0.15, 0.2) is 0 Å². The van der Waals surface area contributed by atoms with Gasteiger partial charge in [0.05, 0.1) is 26.9 Å². The van der Waals surface area contributed by atoms with Crippen molar-refractivity contribution in [1.82, 2.24) is 20.3 Å². The van der Waals surface area contributed by atoms with E-state index < -0.39 is 16.1 Å². The summed E-state index contributed by atoms with van der Waals surface area (Å²) >= 11 is 1.48. The summed E-state index contributed by atoms with van der Waals surface area (Å²) in [4.78, 5) is 30.2. The fourth-order valence-corrected chi connectivity index (χ4v) is 7.78. The molecule has 1 heterocycles. The Labute approximate surface area is 258 Å². The van der Waals surface area contributed by atoms with E-state index in [1.54, 1.807) is 32.2 Å². The van der Waals surface area contributed by atoms with E-state index in [0.717, 1.165) is 41.1 Å². The third-order valence-corrected chi connectivity index (χ3v) is 9.99. The highest BCUT2D eigenvalue weighted by atomic mass is 32.2. The second-order valence-electron chi connectivity index (χ2n) is 11.4. The quantitative estimate of drug-likeness (QED) is 0.201. The van der Waals surface area contributed by atoms with Crippen LogP contribution in [-0.2, 0) is 14.8 Å². The molecule has 1 atom stereocenters. The van der Waals surface area contributed by atoms with Crippen LogP contribution in [0.3, 0.4) is 0 Å². The zero-order valence-electron chi connectivity index (χ0n) is 25.2. The maximum atomic E-state index is 13.4. The Morgan fingerprint density at radius 2 is 1.67 bits per heavy atom. The summed E-state index contributed by atoms with van der Waals surface area (Å²) < 4.78 is 34.7. The van der Waals surface area contributed by atoms with Crippen LogP contribution in [0, 0.1) is 0 Å². The molecule has 12 heteroatoms. The number of carbonyl (C=O) groups is 2. The summed E-state index contributed by atoms with van der Waals surface area (Å²) in [6.45, 7) is 9.04. The van der Waals surface area contributed by atoms with Gasteiger partial charge in [0.1, 0.15) is 0 Å². The lowest BCUT2D eigenvalue weighted by Gasteiger charge is -2.28. The van der Waals surface area contributed by atoms with Crippen molar-refractivity contribution in [2.45, 2.75) is 95.3 Å². The van der Waals surface area contributed by atoms with Crippen LogP contribution in [0.2, 0.25) is 0 Å². The second-order valence-corrected chi connectivity index (χ2v) is 14.2. The molecular weight excluding hydrogens is 587 g/mol. The van der Waals surface area contributed by atoms with Crippen molar-refractivity contribution in [1.29, 1.82) is 0 Å². The summed E-state index contributed by atoms with van der Waals surface area (Å²) in [5.41, 5.74) is 1.83. The number of alkyl carbamates (subject to hydrolysis) is 1. The number of nitrogens with zero attached hydrogens (tertiary/aromatic N) is 1. The van der Waals surface area contributed by atoms with Gasteiger partial charge in [-0.15, -0.1) is 11.3 Å². The topological polar surface area (TPSA) is 139 Å². The molecular formula is C31H41N5O5S2. The Balaban J connectivity index is 1.50. The molecule has 0 spiro atoms. The smallest absolute Gasteiger partial charge is 0.407 e. The summed E-state index contributed by atoms with van der Waals surface area (Å²) in [7, 11) is -3.90. The van der Waals surface area contributed by atoms with Crippen LogP contribution in [0.1, 0.15) is 82.8 Å². The number of aromatic nitrogens is 1. The van der Waals surface area contributed by atoms with Crippen LogP contribution in [0.15, 0.2) is 59.6 Å². The number of sulfonamides is 1. The number of rotatable bonds is 10. The van der Waals surface area contributed by atoms with Gasteiger partial charge in [0.25, 0.3) is 0 Å². The zero-order chi connectivity index (χ0) is 31.1. The van der Waals surface area contributed by atoms with Crippen LogP contribution in [0.5, 0.6) is 0 Å². The Bertz CT molecular complexity index is 1500. The first-order chi connectivity index (χ1) is 20.4. The molecule has 1 saturated carbocycles. The first-order valence-corrected chi connectivity index (χ1v) is 16.9. The molecule has 1 fully saturated rings. The van der Waals surface area contributed by atoms with E-state index in [1.165, 1.54) is 17.4 Å². The lowest BCUT2D eigenvalue weighted by atomic mass is 9.86. The van der Waals surface area contributed by atoms with Crippen molar-refractivity contribution in [3.05, 3.63) is 65.3 Å². The number of hydrogen-bond donors (Lipinski definition) is 4. The number of hydrogen-bond acceptors (Lipinski definition) is 7. The van der Waals surface area contributed by atoms with Gasteiger partial charge < -0.3 is 20.7 Å². The summed E-state index contributed by atoms with van der Waals surface area (Å²) in [6, 6.07) is 13.5. The molecule has 2 aromatic carbocycles. The molecule has 0 bridgehead atoms. The number of benzene rings is 2. The number of anilines is 1. The van der Waals surface area contributed by atoms with Gasteiger partial charge in [0.2, 0.25) is 10.0 Å². The van der Waals surface area contributed by atoms with Gasteiger partial charge in [-0.1, -0.05) is 36.4 Å². The summed E-state index contributed by atoms with van der Waals surface area (Å²) in [6.07, 6.45) is 4.51. The van der Waals surface area contributed by atoms with Gasteiger partial charge in [-0.05, 0) is 78.0 Å². The lowest BCUT2D eigenvalue weighted by Crippen LogP contribution is -2.38. The molecule has 4 N–H and O–H groups in total. The highest BCUT2D eigenvalue weighted by molar-refractivity contribution is 7.89. The molecule has 10 nitrogen and oxygen atoms in total. The van der Waals surface area contributed by atoms with Gasteiger partial charge in [-0.3, -0.25) is 0 Å². The van der Waals surface area contributed by atoms with Crippen LogP contribution in [0.25, 0.3) is 10.4 Å². The maximum Gasteiger partial charge on any atom is 0.407 e. The molecule has 1 aliphatic rings. The van der Waals surface area contributed by atoms with Gasteiger partial charge >= 0.3 is 12.1 Å². The number of ether oxygens (including phenoxy) is 1. The molecule has 4 rings (SSSR count). The van der Waals surface area contributed by atoms with Crippen LogP contribution < -0.4 is 20.7 Å². The molecule has 0 aliphatic heterocycles. The Hall–Kier alpha value is -3.48. The van der Waals surface area contributed by atoms with Crippen LogP contribution >= 0.6 is 11.3 Å². The molecule has 1 aliphatic carbocycles. The zero-order valence-corrected chi connectivity index (χ0v) is 26.8. The highest BCUT2D eigenvalue weighted by Gasteiger charge is 2.28. The minimum absolute atomic E-state index is 0.0636. The van der Waals surface area contributed by atoms with Crippen molar-refractivity contribution in [3.63, 3.8) is 0 Å². The predicted octanol–water partition coefficient (Wildman–Crippen LogP) is 6.54. The van der Waals surface area contributed by atoms with E-state index in [9.17, 15) is 18.0 Å². The van der Waals surface area contributed by atoms with Crippen LogP contribution in [0.4, 0.5) is 15.3 Å². The Kier molecular flexibility index (Phi) is 10.8. The third kappa shape index (κ3) is 9.01. The molecule has 3 aromatic rings. The second kappa shape index (κ2) is 14.3. The number of amides is 3. The normalized spacial score (nSPS) is 17.8. The molecule has 1 aromatic heterocycles. The third-order valence-electron chi connectivity index (χ3n) is 7.10. The van der Waals surface area contributed by atoms with E-state index in [-0.39, 0.29) is 41.1 Å². The van der Waals surface area contributed by atoms with E-state index in [4.69, 9.17) is 4.74 Å². The summed E-state index contributed by atoms with van der Waals surface area (Å²) in [5.74, 6) is 0.225. The number of carbonyl (C=O) groups excluding carboxylic acids is 2. The van der Waals surface area contributed by atoms with Crippen molar-refractivity contribution in [3.8, 4) is 10.4 Å². The van der Waals surface area contributed by atoms with E-state index in [1.807, 2.05) is 51.1 Å². The average molecular weight is 628 g/mol. The Morgan fingerprint density at radius 1 is 0.977 bits per heavy atom. The van der Waals surface area contributed by atoms with Crippen LogP contribution in [-0.4, -0.2) is 43.7 Å². The minimum atomic E-state index is -3.90. The van der Waals surface area contributed by atoms with E-state index in [2.05, 4.69) is 25.7 Å². The van der Waals surface area contributed by atoms with E-state index in [0.29, 0.717) is 11.3 Å². The van der Waals surface area contributed by atoms with E-state index >= 15 is 0 Å². The number of thiazole rings is 1. The number of nitrogens with one attached hydrogen (secondary N) is 4. The fourth-order valence-electron chi connectivity index (χ4n) is 5.09. The Morgan fingerprint density at radius 3 is 2.33 bits per heavy atom. The fraction of sp³-hybridized carbons (Fsp3) is 0.452. The predicted molar refractivity (Wildman–Crippen MR) is 170 cm³/mol. The average Bonchev–Trinajstić information content (AvgIpc) is 3.43. The largest absolute Gasteiger partial charge is 0.447 e. The molecule has 0 saturated heterocycles. The van der Waals surface area contributed by atoms with Gasteiger partial charge in [-0.25, -0.2) is 27.7 Å². The maximum absolute atomic E-state index is 13.4. The molecule has 232 valence electrons. The first kappa shape index (κ1) is 32.4. The van der Waals surface area contributed by atoms with Crippen molar-refractivity contribution in [2.24, 2.45) is 0 Å². The SMILES string of the molecule is CC(C)NS(=O)(=O)c1cc(NC(=O)N[C@H](C)c2ccccc2)ccc1-c1cnc(C2CCC(NC(=O)OC(C)C)CC2)s1.